The highest BCUT2D eigenvalue weighted by Gasteiger charge is 2.03. The second-order valence-electron chi connectivity index (χ2n) is 4.41. The predicted molar refractivity (Wildman–Crippen MR) is 70.6 cm³/mol. The lowest BCUT2D eigenvalue weighted by molar-refractivity contribution is 0.613. The fourth-order valence-electron chi connectivity index (χ4n) is 1.68. The molecule has 0 aliphatic heterocycles. The molecule has 1 heterocycles. The first kappa shape index (κ1) is 12.8. The summed E-state index contributed by atoms with van der Waals surface area (Å²) >= 11 is 0. The third kappa shape index (κ3) is 4.09. The maximum Gasteiger partial charge on any atom is 0.126 e. The molecule has 0 fully saturated rings. The van der Waals surface area contributed by atoms with Crippen LogP contribution in [-0.2, 0) is 0 Å². The summed E-state index contributed by atoms with van der Waals surface area (Å²) in [5.74, 6) is 0.927. The van der Waals surface area contributed by atoms with E-state index < -0.39 is 0 Å². The zero-order chi connectivity index (χ0) is 12.0. The van der Waals surface area contributed by atoms with Gasteiger partial charge in [0, 0.05) is 6.04 Å². The fraction of sp³-hybridized carbons (Fsp3) is 0.615. The molecule has 0 amide bonds. The number of aryl methyl sites for hydroxylation is 1. The maximum absolute atomic E-state index is 5.73. The number of rotatable bonds is 6. The summed E-state index contributed by atoms with van der Waals surface area (Å²) in [4.78, 5) is 4.40. The molecule has 0 radical (unpaired) electrons. The average molecular weight is 221 g/mol. The number of nitrogens with two attached hydrogens (primary N) is 1. The van der Waals surface area contributed by atoms with Gasteiger partial charge in [0.1, 0.15) is 5.82 Å². The van der Waals surface area contributed by atoms with Crippen molar-refractivity contribution in [2.45, 2.75) is 52.5 Å². The number of nitrogen functional groups attached to an aromatic ring is 1. The molecular formula is C13H23N3. The van der Waals surface area contributed by atoms with Crippen LogP contribution in [-0.4, -0.2) is 11.0 Å². The summed E-state index contributed by atoms with van der Waals surface area (Å²) in [6, 6.07) is 4.32. The van der Waals surface area contributed by atoms with Crippen LogP contribution in [0.5, 0.6) is 0 Å². The topological polar surface area (TPSA) is 50.9 Å². The highest BCUT2D eigenvalue weighted by Crippen LogP contribution is 2.14. The monoisotopic (exact) mass is 221 g/mol. The van der Waals surface area contributed by atoms with Crippen molar-refractivity contribution in [2.75, 3.05) is 11.1 Å². The summed E-state index contributed by atoms with van der Waals surface area (Å²) in [6.45, 7) is 6.36. The lowest BCUT2D eigenvalue weighted by atomic mass is 10.1. The minimum atomic E-state index is 0.474. The number of hydrogen-bond donors (Lipinski definition) is 2. The Hall–Kier alpha value is -1.25. The molecule has 1 rings (SSSR count). The number of anilines is 2. The summed E-state index contributed by atoms with van der Waals surface area (Å²) < 4.78 is 0. The Morgan fingerprint density at radius 3 is 2.75 bits per heavy atom. The highest BCUT2D eigenvalue weighted by molar-refractivity contribution is 5.49. The van der Waals surface area contributed by atoms with Crippen LogP contribution in [0.3, 0.4) is 0 Å². The highest BCUT2D eigenvalue weighted by atomic mass is 15.0. The first-order valence-electron chi connectivity index (χ1n) is 6.13. The van der Waals surface area contributed by atoms with Crippen LogP contribution in [0, 0.1) is 6.92 Å². The number of pyridine rings is 1. The van der Waals surface area contributed by atoms with E-state index in [2.05, 4.69) is 24.1 Å². The first-order valence-corrected chi connectivity index (χ1v) is 6.13. The van der Waals surface area contributed by atoms with E-state index in [9.17, 15) is 0 Å². The van der Waals surface area contributed by atoms with Crippen LogP contribution >= 0.6 is 0 Å². The maximum atomic E-state index is 5.73. The Bertz CT molecular complexity index is 323. The Morgan fingerprint density at radius 1 is 1.38 bits per heavy atom. The number of nitrogens with zero attached hydrogens (tertiary/aromatic N) is 1. The lowest BCUT2D eigenvalue weighted by Crippen LogP contribution is -2.16. The zero-order valence-corrected chi connectivity index (χ0v) is 10.6. The van der Waals surface area contributed by atoms with Gasteiger partial charge in [-0.2, -0.15) is 0 Å². The van der Waals surface area contributed by atoms with Crippen LogP contribution in [0.1, 0.15) is 45.2 Å². The molecule has 0 aromatic carbocycles. The van der Waals surface area contributed by atoms with E-state index in [0.717, 1.165) is 17.2 Å². The van der Waals surface area contributed by atoms with E-state index >= 15 is 0 Å². The van der Waals surface area contributed by atoms with Crippen LogP contribution in [0.2, 0.25) is 0 Å². The van der Waals surface area contributed by atoms with Crippen molar-refractivity contribution in [2.24, 2.45) is 0 Å². The molecule has 90 valence electrons. The molecule has 0 spiro atoms. The first-order chi connectivity index (χ1) is 7.63. The van der Waals surface area contributed by atoms with Crippen molar-refractivity contribution in [1.29, 1.82) is 0 Å². The minimum absolute atomic E-state index is 0.474. The second-order valence-corrected chi connectivity index (χ2v) is 4.41. The molecule has 0 bridgehead atoms. The Balaban J connectivity index is 2.43. The molecule has 16 heavy (non-hydrogen) atoms. The van der Waals surface area contributed by atoms with Gasteiger partial charge < -0.3 is 11.1 Å². The molecule has 0 saturated heterocycles. The number of hydrogen-bond acceptors (Lipinski definition) is 3. The van der Waals surface area contributed by atoms with E-state index in [-0.39, 0.29) is 0 Å². The van der Waals surface area contributed by atoms with Crippen molar-refractivity contribution < 1.29 is 0 Å². The second kappa shape index (κ2) is 6.36. The summed E-state index contributed by atoms with van der Waals surface area (Å²) in [5.41, 5.74) is 7.38. The Labute approximate surface area is 98.5 Å². The normalized spacial score (nSPS) is 12.4. The summed E-state index contributed by atoms with van der Waals surface area (Å²) in [6.07, 6.45) is 5.05. The van der Waals surface area contributed by atoms with Gasteiger partial charge in [-0.25, -0.2) is 4.98 Å². The molecular weight excluding hydrogens is 198 g/mol. The average Bonchev–Trinajstić information content (AvgIpc) is 2.24. The zero-order valence-electron chi connectivity index (χ0n) is 10.6. The van der Waals surface area contributed by atoms with Gasteiger partial charge in [-0.3, -0.25) is 0 Å². The Kier molecular flexibility index (Phi) is 5.09. The molecule has 1 atom stereocenters. The lowest BCUT2D eigenvalue weighted by Gasteiger charge is -2.14. The van der Waals surface area contributed by atoms with Crippen LogP contribution in [0.15, 0.2) is 12.1 Å². The van der Waals surface area contributed by atoms with Gasteiger partial charge in [0.2, 0.25) is 0 Å². The van der Waals surface area contributed by atoms with Gasteiger partial charge >= 0.3 is 0 Å². The quantitative estimate of drug-likeness (QED) is 0.724. The van der Waals surface area contributed by atoms with E-state index in [4.69, 9.17) is 5.73 Å². The van der Waals surface area contributed by atoms with E-state index in [1.807, 2.05) is 19.1 Å². The number of nitrogens with one attached hydrogen (secondary N) is 1. The number of unbranched alkanes of at least 4 members (excludes halogenated alkanes) is 2. The molecule has 0 saturated carbocycles. The van der Waals surface area contributed by atoms with E-state index in [1.165, 1.54) is 25.7 Å². The molecule has 3 N–H and O–H groups in total. The van der Waals surface area contributed by atoms with Crippen LogP contribution < -0.4 is 11.1 Å². The summed E-state index contributed by atoms with van der Waals surface area (Å²) in [5, 5.41) is 3.40. The predicted octanol–water partition coefficient (Wildman–Crippen LogP) is 3.35. The van der Waals surface area contributed by atoms with Crippen LogP contribution in [0.4, 0.5) is 11.5 Å². The van der Waals surface area contributed by atoms with Gasteiger partial charge in [0.25, 0.3) is 0 Å². The van der Waals surface area contributed by atoms with Crippen molar-refractivity contribution in [3.05, 3.63) is 17.8 Å². The van der Waals surface area contributed by atoms with Crippen molar-refractivity contribution in [3.8, 4) is 0 Å². The number of aromatic nitrogens is 1. The molecule has 3 heteroatoms. The molecule has 3 nitrogen and oxygen atoms in total. The smallest absolute Gasteiger partial charge is 0.126 e. The molecule has 0 aliphatic rings. The third-order valence-corrected chi connectivity index (χ3v) is 2.76. The largest absolute Gasteiger partial charge is 0.397 e. The minimum Gasteiger partial charge on any atom is -0.397 e. The van der Waals surface area contributed by atoms with Crippen molar-refractivity contribution in [3.63, 3.8) is 0 Å². The van der Waals surface area contributed by atoms with Crippen molar-refractivity contribution >= 4 is 11.5 Å². The fourth-order valence-corrected chi connectivity index (χ4v) is 1.68. The third-order valence-electron chi connectivity index (χ3n) is 2.76. The molecule has 1 unspecified atom stereocenters. The van der Waals surface area contributed by atoms with Gasteiger partial charge in [0.15, 0.2) is 0 Å². The molecule has 0 aliphatic carbocycles. The van der Waals surface area contributed by atoms with Gasteiger partial charge in [-0.1, -0.05) is 26.2 Å². The van der Waals surface area contributed by atoms with Gasteiger partial charge in [-0.15, -0.1) is 0 Å². The molecule has 1 aromatic heterocycles. The van der Waals surface area contributed by atoms with Crippen molar-refractivity contribution in [1.82, 2.24) is 4.98 Å². The van der Waals surface area contributed by atoms with Crippen LogP contribution in [0.25, 0.3) is 0 Å². The van der Waals surface area contributed by atoms with Gasteiger partial charge in [-0.05, 0) is 32.4 Å². The molecule has 1 aromatic rings. The van der Waals surface area contributed by atoms with E-state index in [0.29, 0.717) is 6.04 Å². The van der Waals surface area contributed by atoms with E-state index in [1.54, 1.807) is 0 Å². The Morgan fingerprint density at radius 2 is 2.12 bits per heavy atom. The van der Waals surface area contributed by atoms with Gasteiger partial charge in [0.05, 0.1) is 11.4 Å². The standard InChI is InChI=1S/C13H23N3/c1-4-5-6-7-10(2)15-13-9-8-12(14)11(3)16-13/h8-10H,4-7,14H2,1-3H3,(H,15,16). The SMILES string of the molecule is CCCCCC(C)Nc1ccc(N)c(C)n1. The summed E-state index contributed by atoms with van der Waals surface area (Å²) in [7, 11) is 0.